The van der Waals surface area contributed by atoms with Crippen LogP contribution in [0.3, 0.4) is 0 Å². The molecule has 0 saturated carbocycles. The largest absolute Gasteiger partial charge is 0.350 e. The van der Waals surface area contributed by atoms with Gasteiger partial charge in [-0.25, -0.2) is 4.98 Å². The molecule has 0 atom stereocenters. The number of carbonyl (C=O) groups excluding carboxylic acids is 1. The van der Waals surface area contributed by atoms with E-state index in [0.717, 1.165) is 5.56 Å². The van der Waals surface area contributed by atoms with Gasteiger partial charge in [0, 0.05) is 23.9 Å². The number of hydrogen-bond acceptors (Lipinski definition) is 2. The van der Waals surface area contributed by atoms with E-state index in [1.165, 1.54) is 0 Å². The fourth-order valence-corrected chi connectivity index (χ4v) is 2.02. The maximum Gasteiger partial charge on any atom is 0.271 e. The summed E-state index contributed by atoms with van der Waals surface area (Å²) in [6.45, 7) is 6.69. The van der Waals surface area contributed by atoms with E-state index in [0.29, 0.717) is 17.1 Å². The van der Waals surface area contributed by atoms with Crippen LogP contribution in [-0.4, -0.2) is 17.4 Å². The van der Waals surface area contributed by atoms with E-state index < -0.39 is 0 Å². The average Bonchev–Trinajstić information content (AvgIpc) is 2.51. The highest BCUT2D eigenvalue weighted by molar-refractivity contribution is 6.33. The molecule has 0 unspecified atom stereocenters. The van der Waals surface area contributed by atoms with Crippen molar-refractivity contribution in [1.29, 1.82) is 0 Å². The molecule has 1 aromatic carbocycles. The minimum absolute atomic E-state index is 0.00321. The summed E-state index contributed by atoms with van der Waals surface area (Å²) in [4.78, 5) is 16.3. The number of carbonyl (C=O) groups is 1. The minimum Gasteiger partial charge on any atom is -0.350 e. The molecular formula is C19H19ClN2O. The van der Waals surface area contributed by atoms with Crippen molar-refractivity contribution in [2.24, 2.45) is 5.41 Å². The van der Waals surface area contributed by atoms with Gasteiger partial charge in [0.25, 0.3) is 5.91 Å². The normalized spacial score (nSPS) is 10.6. The van der Waals surface area contributed by atoms with Crippen LogP contribution in [0.25, 0.3) is 0 Å². The first kappa shape index (κ1) is 17.1. The van der Waals surface area contributed by atoms with Crippen LogP contribution < -0.4 is 5.32 Å². The third-order valence-corrected chi connectivity index (χ3v) is 3.25. The zero-order valence-corrected chi connectivity index (χ0v) is 14.2. The maximum atomic E-state index is 12.1. The second kappa shape index (κ2) is 7.30. The van der Waals surface area contributed by atoms with Gasteiger partial charge in [-0.05, 0) is 23.6 Å². The molecule has 1 aromatic heterocycles. The molecule has 118 valence electrons. The standard InChI is InChI=1S/C19H19ClN2O/c1-19(2,3)13-22-18(23)17-16(20)11-15(12-21-17)10-9-14-7-5-4-6-8-14/h4-8,11-12H,13H2,1-3H3,(H,22,23). The molecule has 0 saturated heterocycles. The summed E-state index contributed by atoms with van der Waals surface area (Å²) < 4.78 is 0. The van der Waals surface area contributed by atoms with Gasteiger partial charge in [-0.3, -0.25) is 4.79 Å². The Morgan fingerprint density at radius 3 is 2.43 bits per heavy atom. The van der Waals surface area contributed by atoms with Crippen molar-refractivity contribution in [3.63, 3.8) is 0 Å². The van der Waals surface area contributed by atoms with E-state index in [-0.39, 0.29) is 17.0 Å². The molecule has 4 heteroatoms. The number of nitrogens with zero attached hydrogens (tertiary/aromatic N) is 1. The molecule has 0 bridgehead atoms. The Labute approximate surface area is 142 Å². The smallest absolute Gasteiger partial charge is 0.271 e. The lowest BCUT2D eigenvalue weighted by Gasteiger charge is -2.18. The van der Waals surface area contributed by atoms with Gasteiger partial charge in [0.05, 0.1) is 5.02 Å². The molecule has 0 spiro atoms. The number of nitrogens with one attached hydrogen (secondary N) is 1. The second-order valence-corrected chi connectivity index (χ2v) is 6.82. The van der Waals surface area contributed by atoms with Gasteiger partial charge in [0.15, 0.2) is 0 Å². The van der Waals surface area contributed by atoms with Gasteiger partial charge in [-0.1, -0.05) is 62.4 Å². The zero-order valence-electron chi connectivity index (χ0n) is 13.5. The lowest BCUT2D eigenvalue weighted by atomic mass is 9.97. The van der Waals surface area contributed by atoms with Gasteiger partial charge in [-0.15, -0.1) is 0 Å². The molecule has 3 nitrogen and oxygen atoms in total. The summed E-state index contributed by atoms with van der Waals surface area (Å²) in [6.07, 6.45) is 1.56. The van der Waals surface area contributed by atoms with Crippen molar-refractivity contribution >= 4 is 17.5 Å². The zero-order chi connectivity index (χ0) is 16.9. The SMILES string of the molecule is CC(C)(C)CNC(=O)c1ncc(C#Cc2ccccc2)cc1Cl. The maximum absolute atomic E-state index is 12.1. The third-order valence-electron chi connectivity index (χ3n) is 2.96. The van der Waals surface area contributed by atoms with Gasteiger partial charge in [0.2, 0.25) is 0 Å². The number of rotatable bonds is 2. The van der Waals surface area contributed by atoms with Crippen LogP contribution in [0.2, 0.25) is 5.02 Å². The Bertz CT molecular complexity index is 752. The lowest BCUT2D eigenvalue weighted by Crippen LogP contribution is -2.32. The van der Waals surface area contributed by atoms with E-state index in [9.17, 15) is 4.79 Å². The van der Waals surface area contributed by atoms with Crippen molar-refractivity contribution in [2.75, 3.05) is 6.54 Å². The molecule has 1 N–H and O–H groups in total. The monoisotopic (exact) mass is 326 g/mol. The van der Waals surface area contributed by atoms with Crippen LogP contribution >= 0.6 is 11.6 Å². The van der Waals surface area contributed by atoms with Crippen molar-refractivity contribution in [3.8, 4) is 11.8 Å². The van der Waals surface area contributed by atoms with Crippen molar-refractivity contribution < 1.29 is 4.79 Å². The van der Waals surface area contributed by atoms with Crippen LogP contribution in [0.1, 0.15) is 42.4 Å². The van der Waals surface area contributed by atoms with Crippen LogP contribution in [0.5, 0.6) is 0 Å². The van der Waals surface area contributed by atoms with Crippen LogP contribution in [-0.2, 0) is 0 Å². The van der Waals surface area contributed by atoms with Crippen molar-refractivity contribution in [3.05, 3.63) is 64.4 Å². The molecule has 0 aliphatic heterocycles. The van der Waals surface area contributed by atoms with Crippen LogP contribution in [0.4, 0.5) is 0 Å². The van der Waals surface area contributed by atoms with E-state index in [1.807, 2.05) is 51.1 Å². The molecule has 2 aromatic rings. The molecule has 1 amide bonds. The molecule has 0 aliphatic rings. The average molecular weight is 327 g/mol. The molecule has 1 heterocycles. The molecule has 0 fully saturated rings. The fourth-order valence-electron chi connectivity index (χ4n) is 1.77. The van der Waals surface area contributed by atoms with Gasteiger partial charge >= 0.3 is 0 Å². The fraction of sp³-hybridized carbons (Fsp3) is 0.263. The Morgan fingerprint density at radius 1 is 1.17 bits per heavy atom. The quantitative estimate of drug-likeness (QED) is 0.850. The van der Waals surface area contributed by atoms with Gasteiger partial charge in [-0.2, -0.15) is 0 Å². The highest BCUT2D eigenvalue weighted by Gasteiger charge is 2.16. The first-order chi connectivity index (χ1) is 10.8. The van der Waals surface area contributed by atoms with E-state index in [2.05, 4.69) is 22.1 Å². The van der Waals surface area contributed by atoms with Gasteiger partial charge in [0.1, 0.15) is 5.69 Å². The first-order valence-electron chi connectivity index (χ1n) is 7.36. The minimum atomic E-state index is -0.271. The molecular weight excluding hydrogens is 308 g/mol. The summed E-state index contributed by atoms with van der Waals surface area (Å²) in [7, 11) is 0. The number of aromatic nitrogens is 1. The molecule has 2 rings (SSSR count). The highest BCUT2D eigenvalue weighted by Crippen LogP contribution is 2.16. The molecule has 0 aliphatic carbocycles. The summed E-state index contributed by atoms with van der Waals surface area (Å²) in [5.74, 6) is 5.76. The first-order valence-corrected chi connectivity index (χ1v) is 7.74. The predicted molar refractivity (Wildman–Crippen MR) is 93.5 cm³/mol. The van der Waals surface area contributed by atoms with Gasteiger partial charge < -0.3 is 5.32 Å². The van der Waals surface area contributed by atoms with Crippen LogP contribution in [0.15, 0.2) is 42.6 Å². The third kappa shape index (κ3) is 5.43. The summed E-state index contributed by atoms with van der Waals surface area (Å²) >= 11 is 6.16. The number of pyridine rings is 1. The van der Waals surface area contributed by atoms with E-state index >= 15 is 0 Å². The van der Waals surface area contributed by atoms with Crippen molar-refractivity contribution in [1.82, 2.24) is 10.3 Å². The van der Waals surface area contributed by atoms with Crippen LogP contribution in [0, 0.1) is 17.3 Å². The highest BCUT2D eigenvalue weighted by atomic mass is 35.5. The summed E-state index contributed by atoms with van der Waals surface area (Å²) in [6, 6.07) is 11.3. The molecule has 23 heavy (non-hydrogen) atoms. The molecule has 0 radical (unpaired) electrons. The Kier molecular flexibility index (Phi) is 5.41. The Hall–Kier alpha value is -2.31. The number of amides is 1. The van der Waals surface area contributed by atoms with E-state index in [4.69, 9.17) is 11.6 Å². The Morgan fingerprint density at radius 2 is 1.83 bits per heavy atom. The second-order valence-electron chi connectivity index (χ2n) is 6.41. The van der Waals surface area contributed by atoms with E-state index in [1.54, 1.807) is 12.3 Å². The summed E-state index contributed by atoms with van der Waals surface area (Å²) in [5, 5.41) is 3.14. The van der Waals surface area contributed by atoms with Crippen molar-refractivity contribution in [2.45, 2.75) is 20.8 Å². The number of benzene rings is 1. The Balaban J connectivity index is 2.12. The number of hydrogen-bond donors (Lipinski definition) is 1. The topological polar surface area (TPSA) is 42.0 Å². The summed E-state index contributed by atoms with van der Waals surface area (Å²) in [5.41, 5.74) is 1.81. The number of halogens is 1. The lowest BCUT2D eigenvalue weighted by molar-refractivity contribution is 0.0934. The predicted octanol–water partition coefficient (Wildman–Crippen LogP) is 3.91.